The van der Waals surface area contributed by atoms with Gasteiger partial charge in [0.15, 0.2) is 5.82 Å². The number of nitrogen functional groups attached to an aromatic ring is 1. The van der Waals surface area contributed by atoms with Crippen molar-refractivity contribution < 1.29 is 0 Å². The fourth-order valence-corrected chi connectivity index (χ4v) is 3.02. The molecule has 0 amide bonds. The number of rotatable bonds is 3. The first kappa shape index (κ1) is 12.8. The first-order valence-electron chi connectivity index (χ1n) is 5.76. The predicted octanol–water partition coefficient (Wildman–Crippen LogP) is 2.80. The predicted molar refractivity (Wildman–Crippen MR) is 74.6 cm³/mol. The maximum absolute atomic E-state index is 6.05. The Balaban J connectivity index is 1.95. The SMILES string of the molecule is CSC1CCC(Nc2ncnc(N)c2Cl)CC1. The zero-order chi connectivity index (χ0) is 12.3. The number of anilines is 2. The van der Waals surface area contributed by atoms with Gasteiger partial charge in [0.1, 0.15) is 17.2 Å². The van der Waals surface area contributed by atoms with Crippen LogP contribution in [0.3, 0.4) is 0 Å². The molecule has 94 valence electrons. The van der Waals surface area contributed by atoms with E-state index in [0.29, 0.717) is 22.7 Å². The van der Waals surface area contributed by atoms with E-state index in [4.69, 9.17) is 17.3 Å². The highest BCUT2D eigenvalue weighted by Gasteiger charge is 2.21. The van der Waals surface area contributed by atoms with Crippen molar-refractivity contribution in [1.82, 2.24) is 9.97 Å². The van der Waals surface area contributed by atoms with E-state index in [-0.39, 0.29) is 0 Å². The second-order valence-corrected chi connectivity index (χ2v) is 5.79. The summed E-state index contributed by atoms with van der Waals surface area (Å²) in [5, 5.41) is 4.60. The van der Waals surface area contributed by atoms with Gasteiger partial charge in [-0.1, -0.05) is 11.6 Å². The normalized spacial score (nSPS) is 24.6. The number of nitrogens with zero attached hydrogens (tertiary/aromatic N) is 2. The Bertz CT molecular complexity index is 380. The summed E-state index contributed by atoms with van der Waals surface area (Å²) in [7, 11) is 0. The van der Waals surface area contributed by atoms with Crippen LogP contribution in [0, 0.1) is 0 Å². The van der Waals surface area contributed by atoms with Crippen molar-refractivity contribution in [2.45, 2.75) is 37.0 Å². The molecule has 0 aliphatic heterocycles. The zero-order valence-corrected chi connectivity index (χ0v) is 11.4. The Morgan fingerprint density at radius 3 is 2.71 bits per heavy atom. The summed E-state index contributed by atoms with van der Waals surface area (Å²) < 4.78 is 0. The van der Waals surface area contributed by atoms with Crippen molar-refractivity contribution in [1.29, 1.82) is 0 Å². The summed E-state index contributed by atoms with van der Waals surface area (Å²) >= 11 is 8.01. The highest BCUT2D eigenvalue weighted by atomic mass is 35.5. The minimum absolute atomic E-state index is 0.335. The molecule has 0 atom stereocenters. The van der Waals surface area contributed by atoms with Gasteiger partial charge in [-0.25, -0.2) is 9.97 Å². The van der Waals surface area contributed by atoms with Crippen LogP contribution in [-0.4, -0.2) is 27.5 Å². The summed E-state index contributed by atoms with van der Waals surface area (Å²) in [6.45, 7) is 0. The molecule has 0 unspecified atom stereocenters. The van der Waals surface area contributed by atoms with Gasteiger partial charge in [-0.2, -0.15) is 11.8 Å². The van der Waals surface area contributed by atoms with Gasteiger partial charge in [0, 0.05) is 11.3 Å². The highest BCUT2D eigenvalue weighted by molar-refractivity contribution is 7.99. The summed E-state index contributed by atoms with van der Waals surface area (Å²) in [5.41, 5.74) is 5.64. The molecule has 1 aromatic rings. The third kappa shape index (κ3) is 3.16. The smallest absolute Gasteiger partial charge is 0.150 e. The number of halogens is 1. The van der Waals surface area contributed by atoms with Crippen molar-refractivity contribution in [2.75, 3.05) is 17.3 Å². The summed E-state index contributed by atoms with van der Waals surface area (Å²) in [6, 6.07) is 0.449. The molecule has 1 saturated carbocycles. The van der Waals surface area contributed by atoms with Gasteiger partial charge in [0.25, 0.3) is 0 Å². The topological polar surface area (TPSA) is 63.8 Å². The maximum Gasteiger partial charge on any atom is 0.150 e. The van der Waals surface area contributed by atoms with Crippen LogP contribution in [-0.2, 0) is 0 Å². The van der Waals surface area contributed by atoms with E-state index in [1.165, 1.54) is 19.2 Å². The number of hydrogen-bond acceptors (Lipinski definition) is 5. The van der Waals surface area contributed by atoms with Gasteiger partial charge in [-0.05, 0) is 31.9 Å². The Labute approximate surface area is 111 Å². The molecule has 1 fully saturated rings. The molecule has 0 saturated heterocycles. The van der Waals surface area contributed by atoms with Gasteiger partial charge in [-0.15, -0.1) is 0 Å². The molecule has 17 heavy (non-hydrogen) atoms. The van der Waals surface area contributed by atoms with Crippen LogP contribution in [0.4, 0.5) is 11.6 Å². The summed E-state index contributed by atoms with van der Waals surface area (Å²) in [4.78, 5) is 7.98. The van der Waals surface area contributed by atoms with Crippen molar-refractivity contribution in [3.63, 3.8) is 0 Å². The van der Waals surface area contributed by atoms with Crippen LogP contribution in [0.5, 0.6) is 0 Å². The minimum Gasteiger partial charge on any atom is -0.382 e. The number of thioether (sulfide) groups is 1. The van der Waals surface area contributed by atoms with Crippen LogP contribution < -0.4 is 11.1 Å². The van der Waals surface area contributed by atoms with Gasteiger partial charge >= 0.3 is 0 Å². The van der Waals surface area contributed by atoms with E-state index in [9.17, 15) is 0 Å². The van der Waals surface area contributed by atoms with Crippen molar-refractivity contribution in [3.05, 3.63) is 11.3 Å². The largest absolute Gasteiger partial charge is 0.382 e. The van der Waals surface area contributed by atoms with Crippen LogP contribution in [0.15, 0.2) is 6.33 Å². The van der Waals surface area contributed by atoms with E-state index in [1.54, 1.807) is 0 Å². The molecule has 6 heteroatoms. The fourth-order valence-electron chi connectivity index (χ4n) is 2.12. The average molecular weight is 273 g/mol. The standard InChI is InChI=1S/C11H17ClN4S/c1-17-8-4-2-7(3-5-8)16-11-9(12)10(13)14-6-15-11/h6-8H,2-5H2,1H3,(H3,13,14,15,16). The van der Waals surface area contributed by atoms with Crippen LogP contribution in [0.25, 0.3) is 0 Å². The van der Waals surface area contributed by atoms with E-state index in [1.807, 2.05) is 11.8 Å². The second-order valence-electron chi connectivity index (χ2n) is 4.28. The fraction of sp³-hybridized carbons (Fsp3) is 0.636. The van der Waals surface area contributed by atoms with Crippen molar-refractivity contribution in [3.8, 4) is 0 Å². The Morgan fingerprint density at radius 1 is 1.35 bits per heavy atom. The first-order valence-corrected chi connectivity index (χ1v) is 7.42. The third-order valence-electron chi connectivity index (χ3n) is 3.16. The van der Waals surface area contributed by atoms with Crippen molar-refractivity contribution >= 4 is 35.0 Å². The van der Waals surface area contributed by atoms with E-state index < -0.39 is 0 Å². The van der Waals surface area contributed by atoms with Gasteiger partial charge in [0.2, 0.25) is 0 Å². The molecular weight excluding hydrogens is 256 g/mol. The molecule has 3 N–H and O–H groups in total. The lowest BCUT2D eigenvalue weighted by Crippen LogP contribution is -2.27. The molecule has 1 aliphatic carbocycles. The van der Waals surface area contributed by atoms with Crippen LogP contribution >= 0.6 is 23.4 Å². The second kappa shape index (κ2) is 5.78. The minimum atomic E-state index is 0.335. The van der Waals surface area contributed by atoms with Crippen LogP contribution in [0.2, 0.25) is 5.02 Å². The Hall–Kier alpha value is -0.680. The summed E-state index contributed by atoms with van der Waals surface area (Å²) in [6.07, 6.45) is 8.43. The highest BCUT2D eigenvalue weighted by Crippen LogP contribution is 2.30. The average Bonchev–Trinajstić information content (AvgIpc) is 2.36. The van der Waals surface area contributed by atoms with E-state index in [2.05, 4.69) is 21.5 Å². The third-order valence-corrected chi connectivity index (χ3v) is 4.68. The lowest BCUT2D eigenvalue weighted by Gasteiger charge is -2.28. The number of nitrogens with two attached hydrogens (primary N) is 1. The molecule has 0 bridgehead atoms. The lowest BCUT2D eigenvalue weighted by molar-refractivity contribution is 0.472. The molecule has 0 radical (unpaired) electrons. The molecule has 1 aliphatic rings. The molecule has 0 spiro atoms. The van der Waals surface area contributed by atoms with Gasteiger partial charge in [0.05, 0.1) is 0 Å². The molecule has 0 aromatic carbocycles. The van der Waals surface area contributed by atoms with E-state index in [0.717, 1.165) is 18.1 Å². The van der Waals surface area contributed by atoms with Crippen LogP contribution in [0.1, 0.15) is 25.7 Å². The molecule has 4 nitrogen and oxygen atoms in total. The van der Waals surface area contributed by atoms with E-state index >= 15 is 0 Å². The lowest BCUT2D eigenvalue weighted by atomic mass is 9.95. The van der Waals surface area contributed by atoms with Gasteiger partial charge in [-0.3, -0.25) is 0 Å². The van der Waals surface area contributed by atoms with Crippen molar-refractivity contribution in [2.24, 2.45) is 0 Å². The number of nitrogens with one attached hydrogen (secondary N) is 1. The molecule has 1 aromatic heterocycles. The molecule has 2 rings (SSSR count). The summed E-state index contributed by atoms with van der Waals surface area (Å²) in [5.74, 6) is 0.994. The number of aromatic nitrogens is 2. The van der Waals surface area contributed by atoms with Gasteiger partial charge < -0.3 is 11.1 Å². The molecular formula is C11H17ClN4S. The zero-order valence-electron chi connectivity index (χ0n) is 9.82. The monoisotopic (exact) mass is 272 g/mol. The maximum atomic E-state index is 6.05. The quantitative estimate of drug-likeness (QED) is 0.886. The first-order chi connectivity index (χ1) is 8.20. The Kier molecular flexibility index (Phi) is 4.34. The number of hydrogen-bond donors (Lipinski definition) is 2. The Morgan fingerprint density at radius 2 is 2.06 bits per heavy atom. The molecule has 1 heterocycles.